The van der Waals surface area contributed by atoms with Crippen molar-refractivity contribution in [3.63, 3.8) is 0 Å². The fourth-order valence-electron chi connectivity index (χ4n) is 5.26. The Bertz CT molecular complexity index is 432. The topological polar surface area (TPSA) is 3.24 Å². The Balaban J connectivity index is 2.08. The van der Waals surface area contributed by atoms with E-state index in [0.717, 1.165) is 5.92 Å². The number of piperidine rings is 1. The van der Waals surface area contributed by atoms with Crippen LogP contribution in [0.25, 0.3) is 0 Å². The van der Waals surface area contributed by atoms with Crippen molar-refractivity contribution in [3.8, 4) is 0 Å². The van der Waals surface area contributed by atoms with Gasteiger partial charge in [0.25, 0.3) is 0 Å². The van der Waals surface area contributed by atoms with E-state index in [1.807, 2.05) is 0 Å². The molecule has 1 rings (SSSR count). The maximum Gasteiger partial charge on any atom is 0.000965 e. The van der Waals surface area contributed by atoms with E-state index in [1.165, 1.54) is 160 Å². The molecule has 1 heteroatoms. The minimum absolute atomic E-state index is 0.958. The number of unbranched alkanes of at least 4 members (excludes halogenated alkanes) is 12. The van der Waals surface area contributed by atoms with Crippen molar-refractivity contribution in [1.82, 2.24) is 4.90 Å². The molecule has 0 saturated carbocycles. The monoisotopic (exact) mass is 445 g/mol. The van der Waals surface area contributed by atoms with Crippen LogP contribution in [0, 0.1) is 5.92 Å². The largest absolute Gasteiger partial charge is 0.303 e. The SMILES string of the molecule is C=C(C)CCCCCCCC(CCCCCCCCCC/C=C\CC)CN1CCCCC1. The molecule has 0 aromatic heterocycles. The zero-order valence-electron chi connectivity index (χ0n) is 22.4. The molecular weight excluding hydrogens is 386 g/mol. The molecule has 0 aromatic rings. The lowest BCUT2D eigenvalue weighted by atomic mass is 9.93. The lowest BCUT2D eigenvalue weighted by molar-refractivity contribution is 0.182. The molecule has 1 atom stereocenters. The van der Waals surface area contributed by atoms with Crippen LogP contribution in [0.1, 0.15) is 149 Å². The first-order chi connectivity index (χ1) is 15.7. The van der Waals surface area contributed by atoms with E-state index in [9.17, 15) is 0 Å². The molecule has 0 aromatic carbocycles. The third kappa shape index (κ3) is 19.0. The van der Waals surface area contributed by atoms with Crippen LogP contribution in [-0.2, 0) is 0 Å². The fourth-order valence-corrected chi connectivity index (χ4v) is 5.26. The summed E-state index contributed by atoms with van der Waals surface area (Å²) in [5.41, 5.74) is 1.35. The first kappa shape index (κ1) is 29.5. The Labute approximate surface area is 203 Å². The number of nitrogens with zero attached hydrogens (tertiary/aromatic N) is 1. The summed E-state index contributed by atoms with van der Waals surface area (Å²) >= 11 is 0. The summed E-state index contributed by atoms with van der Waals surface area (Å²) < 4.78 is 0. The van der Waals surface area contributed by atoms with Crippen molar-refractivity contribution in [2.45, 2.75) is 149 Å². The van der Waals surface area contributed by atoms with E-state index in [1.54, 1.807) is 0 Å². The molecule has 1 unspecified atom stereocenters. The van der Waals surface area contributed by atoms with E-state index in [0.29, 0.717) is 0 Å². The van der Waals surface area contributed by atoms with Crippen LogP contribution in [0.4, 0.5) is 0 Å². The summed E-state index contributed by atoms with van der Waals surface area (Å²) in [7, 11) is 0. The van der Waals surface area contributed by atoms with Crippen molar-refractivity contribution < 1.29 is 0 Å². The molecule has 0 aliphatic carbocycles. The number of hydrogen-bond acceptors (Lipinski definition) is 1. The molecule has 0 radical (unpaired) electrons. The molecule has 1 nitrogen and oxygen atoms in total. The Morgan fingerprint density at radius 1 is 0.719 bits per heavy atom. The first-order valence-corrected chi connectivity index (χ1v) is 14.7. The summed E-state index contributed by atoms with van der Waals surface area (Å²) in [6.07, 6.45) is 34.4. The molecule has 1 saturated heterocycles. The third-order valence-corrected chi connectivity index (χ3v) is 7.32. The minimum Gasteiger partial charge on any atom is -0.303 e. The maximum absolute atomic E-state index is 4.03. The summed E-state index contributed by atoms with van der Waals surface area (Å²) in [6, 6.07) is 0. The Hall–Kier alpha value is -0.560. The molecule has 0 N–H and O–H groups in total. The van der Waals surface area contributed by atoms with Gasteiger partial charge in [0, 0.05) is 6.54 Å². The molecule has 32 heavy (non-hydrogen) atoms. The minimum atomic E-state index is 0.958. The van der Waals surface area contributed by atoms with Gasteiger partial charge < -0.3 is 4.90 Å². The maximum atomic E-state index is 4.03. The molecule has 1 aliphatic rings. The average Bonchev–Trinajstić information content (AvgIpc) is 2.79. The summed E-state index contributed by atoms with van der Waals surface area (Å²) in [5.74, 6) is 0.958. The van der Waals surface area contributed by atoms with Gasteiger partial charge in [0.15, 0.2) is 0 Å². The van der Waals surface area contributed by atoms with Crippen molar-refractivity contribution in [2.24, 2.45) is 5.92 Å². The molecule has 1 aliphatic heterocycles. The van der Waals surface area contributed by atoms with Gasteiger partial charge in [-0.05, 0) is 83.7 Å². The molecule has 188 valence electrons. The van der Waals surface area contributed by atoms with Gasteiger partial charge in [-0.3, -0.25) is 0 Å². The van der Waals surface area contributed by atoms with Crippen LogP contribution in [0.2, 0.25) is 0 Å². The smallest absolute Gasteiger partial charge is 0.000965 e. The van der Waals surface area contributed by atoms with Crippen LogP contribution in [0.5, 0.6) is 0 Å². The highest BCUT2D eigenvalue weighted by molar-refractivity contribution is 4.87. The zero-order valence-corrected chi connectivity index (χ0v) is 22.4. The molecule has 1 heterocycles. The zero-order chi connectivity index (χ0) is 23.1. The van der Waals surface area contributed by atoms with E-state index in [4.69, 9.17) is 0 Å². The van der Waals surface area contributed by atoms with Gasteiger partial charge in [-0.15, -0.1) is 6.58 Å². The molecule has 0 amide bonds. The highest BCUT2D eigenvalue weighted by Crippen LogP contribution is 2.22. The second kappa shape index (κ2) is 22.2. The Morgan fingerprint density at radius 2 is 1.25 bits per heavy atom. The van der Waals surface area contributed by atoms with E-state index in [2.05, 4.69) is 37.5 Å². The number of hydrogen-bond donors (Lipinski definition) is 0. The van der Waals surface area contributed by atoms with Gasteiger partial charge in [0.05, 0.1) is 0 Å². The van der Waals surface area contributed by atoms with E-state index in [-0.39, 0.29) is 0 Å². The predicted molar refractivity (Wildman–Crippen MR) is 147 cm³/mol. The van der Waals surface area contributed by atoms with E-state index < -0.39 is 0 Å². The first-order valence-electron chi connectivity index (χ1n) is 14.7. The van der Waals surface area contributed by atoms with Gasteiger partial charge in [-0.1, -0.05) is 102 Å². The second-order valence-corrected chi connectivity index (χ2v) is 10.8. The van der Waals surface area contributed by atoms with Gasteiger partial charge in [-0.2, -0.15) is 0 Å². The Morgan fingerprint density at radius 3 is 1.81 bits per heavy atom. The van der Waals surface area contributed by atoms with Crippen molar-refractivity contribution >= 4 is 0 Å². The van der Waals surface area contributed by atoms with E-state index >= 15 is 0 Å². The van der Waals surface area contributed by atoms with Crippen molar-refractivity contribution in [1.29, 1.82) is 0 Å². The fraction of sp³-hybridized carbons (Fsp3) is 0.871. The number of rotatable bonds is 22. The van der Waals surface area contributed by atoms with Crippen LogP contribution in [-0.4, -0.2) is 24.5 Å². The van der Waals surface area contributed by atoms with Gasteiger partial charge >= 0.3 is 0 Å². The molecule has 1 fully saturated rings. The van der Waals surface area contributed by atoms with Crippen LogP contribution >= 0.6 is 0 Å². The number of likely N-dealkylation sites (tertiary alicyclic amines) is 1. The van der Waals surface area contributed by atoms with Gasteiger partial charge in [-0.25, -0.2) is 0 Å². The number of allylic oxidation sites excluding steroid dienone is 3. The van der Waals surface area contributed by atoms with Gasteiger partial charge in [0.2, 0.25) is 0 Å². The molecular formula is C31H59N. The second-order valence-electron chi connectivity index (χ2n) is 10.8. The quantitative estimate of drug-likeness (QED) is 0.118. The lowest BCUT2D eigenvalue weighted by Crippen LogP contribution is -2.34. The van der Waals surface area contributed by atoms with Crippen LogP contribution in [0.15, 0.2) is 24.3 Å². The van der Waals surface area contributed by atoms with Crippen LogP contribution in [0.3, 0.4) is 0 Å². The average molecular weight is 446 g/mol. The third-order valence-electron chi connectivity index (χ3n) is 7.32. The normalized spacial score (nSPS) is 16.1. The molecule has 0 spiro atoms. The standard InChI is InChI=1S/C31H59N/c1-4-5-6-7-8-9-10-11-12-13-16-20-25-31(29-32-27-22-18-23-28-32)26-21-17-14-15-19-24-30(2)3/h5-6,31H,2,4,7-29H2,1,3H3/b6-5-. The highest BCUT2D eigenvalue weighted by atomic mass is 15.1. The Kier molecular flexibility index (Phi) is 20.5. The molecule has 0 bridgehead atoms. The van der Waals surface area contributed by atoms with Crippen molar-refractivity contribution in [2.75, 3.05) is 19.6 Å². The predicted octanol–water partition coefficient (Wildman–Crippen LogP) is 10.3. The van der Waals surface area contributed by atoms with Crippen molar-refractivity contribution in [3.05, 3.63) is 24.3 Å². The summed E-state index contributed by atoms with van der Waals surface area (Å²) in [6.45, 7) is 12.5. The summed E-state index contributed by atoms with van der Waals surface area (Å²) in [4.78, 5) is 2.79. The lowest BCUT2D eigenvalue weighted by Gasteiger charge is -2.30. The summed E-state index contributed by atoms with van der Waals surface area (Å²) in [5, 5.41) is 0. The van der Waals surface area contributed by atoms with Crippen LogP contribution < -0.4 is 0 Å². The highest BCUT2D eigenvalue weighted by Gasteiger charge is 2.16. The van der Waals surface area contributed by atoms with Gasteiger partial charge in [0.1, 0.15) is 0 Å².